The van der Waals surface area contributed by atoms with Crippen LogP contribution in [0.15, 0.2) is 12.2 Å². The number of piperidine rings is 1. The Balaban J connectivity index is 1.64. The van der Waals surface area contributed by atoms with Gasteiger partial charge in [-0.2, -0.15) is 0 Å². The van der Waals surface area contributed by atoms with Crippen LogP contribution in [-0.4, -0.2) is 37.1 Å². The van der Waals surface area contributed by atoms with E-state index in [2.05, 4.69) is 24.0 Å². The van der Waals surface area contributed by atoms with Gasteiger partial charge in [-0.25, -0.2) is 0 Å². The molecule has 2 fully saturated rings. The molecule has 106 valence electrons. The molecule has 5 atom stereocenters. The summed E-state index contributed by atoms with van der Waals surface area (Å²) in [7, 11) is 1.51. The van der Waals surface area contributed by atoms with E-state index in [0.29, 0.717) is 5.92 Å². The minimum Gasteiger partial charge on any atom is -0.468 e. The lowest BCUT2D eigenvalue weighted by molar-refractivity contribution is -0.149. The van der Waals surface area contributed by atoms with Crippen LogP contribution < -0.4 is 0 Å². The summed E-state index contributed by atoms with van der Waals surface area (Å²) < 4.78 is 5.00. The molecular formula is C16H25NO2. The smallest absolute Gasteiger partial charge is 0.323 e. The van der Waals surface area contributed by atoms with Gasteiger partial charge in [-0.1, -0.05) is 19.1 Å². The number of carbonyl (C=O) groups is 1. The highest BCUT2D eigenvalue weighted by Crippen LogP contribution is 2.44. The molecule has 0 spiro atoms. The van der Waals surface area contributed by atoms with Crippen LogP contribution in [-0.2, 0) is 9.53 Å². The van der Waals surface area contributed by atoms with Crippen molar-refractivity contribution in [2.24, 2.45) is 23.7 Å². The molecule has 0 aromatic carbocycles. The van der Waals surface area contributed by atoms with E-state index in [1.807, 2.05) is 0 Å². The Kier molecular flexibility index (Phi) is 3.66. The van der Waals surface area contributed by atoms with Gasteiger partial charge in [0.15, 0.2) is 0 Å². The van der Waals surface area contributed by atoms with Crippen LogP contribution in [0, 0.1) is 23.7 Å². The van der Waals surface area contributed by atoms with Crippen LogP contribution in [0.5, 0.6) is 0 Å². The molecule has 3 aliphatic rings. The number of hydrogen-bond donors (Lipinski definition) is 0. The van der Waals surface area contributed by atoms with Crippen molar-refractivity contribution in [3.05, 3.63) is 12.2 Å². The van der Waals surface area contributed by atoms with E-state index in [4.69, 9.17) is 4.74 Å². The monoisotopic (exact) mass is 263 g/mol. The summed E-state index contributed by atoms with van der Waals surface area (Å²) in [5.74, 6) is 2.94. The lowest BCUT2D eigenvalue weighted by atomic mass is 9.88. The summed E-state index contributed by atoms with van der Waals surface area (Å²) in [4.78, 5) is 14.4. The minimum atomic E-state index is -0.0368. The van der Waals surface area contributed by atoms with E-state index in [9.17, 15) is 4.79 Å². The van der Waals surface area contributed by atoms with Crippen LogP contribution in [0.1, 0.15) is 32.6 Å². The largest absolute Gasteiger partial charge is 0.468 e. The van der Waals surface area contributed by atoms with Crippen molar-refractivity contribution in [3.8, 4) is 0 Å². The molecule has 5 unspecified atom stereocenters. The number of carbonyl (C=O) groups excluding carboxylic acids is 1. The third-order valence-corrected chi connectivity index (χ3v) is 5.33. The maximum Gasteiger partial charge on any atom is 0.323 e. The zero-order chi connectivity index (χ0) is 13.4. The molecule has 1 aliphatic heterocycles. The van der Waals surface area contributed by atoms with E-state index in [1.165, 1.54) is 26.4 Å². The van der Waals surface area contributed by atoms with Gasteiger partial charge in [0.1, 0.15) is 6.04 Å². The highest BCUT2D eigenvalue weighted by Gasteiger charge is 2.39. The fraction of sp³-hybridized carbons (Fsp3) is 0.812. The van der Waals surface area contributed by atoms with Crippen LogP contribution in [0.2, 0.25) is 0 Å². The van der Waals surface area contributed by atoms with Gasteiger partial charge in [0.2, 0.25) is 0 Å². The number of nitrogens with zero attached hydrogens (tertiary/aromatic N) is 1. The number of methoxy groups -OCH3 is 1. The normalized spacial score (nSPS) is 41.7. The van der Waals surface area contributed by atoms with Crippen LogP contribution in [0.3, 0.4) is 0 Å². The van der Waals surface area contributed by atoms with Gasteiger partial charge in [0, 0.05) is 6.54 Å². The first-order valence-electron chi connectivity index (χ1n) is 7.67. The summed E-state index contributed by atoms with van der Waals surface area (Å²) in [6.45, 7) is 4.38. The molecule has 2 aliphatic carbocycles. The number of rotatable bonds is 3. The molecule has 1 saturated carbocycles. The highest BCUT2D eigenvalue weighted by molar-refractivity contribution is 5.75. The first-order valence-corrected chi connectivity index (χ1v) is 7.67. The summed E-state index contributed by atoms with van der Waals surface area (Å²) in [6, 6.07) is -0.00291. The number of ether oxygens (including phenoxy) is 1. The Morgan fingerprint density at radius 3 is 2.79 bits per heavy atom. The molecule has 1 saturated heterocycles. The molecule has 0 aromatic heterocycles. The quantitative estimate of drug-likeness (QED) is 0.579. The Bertz CT molecular complexity index is 379. The van der Waals surface area contributed by atoms with Crippen molar-refractivity contribution in [1.82, 2.24) is 4.90 Å². The highest BCUT2D eigenvalue weighted by atomic mass is 16.5. The Labute approximate surface area is 116 Å². The van der Waals surface area contributed by atoms with Crippen molar-refractivity contribution in [2.75, 3.05) is 20.2 Å². The molecule has 1 heterocycles. The van der Waals surface area contributed by atoms with Crippen LogP contribution in [0.25, 0.3) is 0 Å². The van der Waals surface area contributed by atoms with Gasteiger partial charge in [-0.3, -0.25) is 9.69 Å². The van der Waals surface area contributed by atoms with Gasteiger partial charge >= 0.3 is 5.97 Å². The van der Waals surface area contributed by atoms with Crippen LogP contribution >= 0.6 is 0 Å². The summed E-state index contributed by atoms with van der Waals surface area (Å²) in [5, 5.41) is 0. The molecule has 0 amide bonds. The lowest BCUT2D eigenvalue weighted by Gasteiger charge is -2.39. The molecule has 2 bridgehead atoms. The fourth-order valence-corrected chi connectivity index (χ4v) is 4.20. The predicted molar refractivity (Wildman–Crippen MR) is 74.6 cm³/mol. The standard InChI is InChI=1S/C16H25NO2/c1-11-5-6-17(15(7-11)16(18)19-2)10-14-9-12-3-4-13(14)8-12/h3-4,11-15H,5-10H2,1-2H3. The van der Waals surface area contributed by atoms with Gasteiger partial charge in [0.25, 0.3) is 0 Å². The Morgan fingerprint density at radius 2 is 2.16 bits per heavy atom. The van der Waals surface area contributed by atoms with Gasteiger partial charge < -0.3 is 4.74 Å². The van der Waals surface area contributed by atoms with Crippen molar-refractivity contribution in [1.29, 1.82) is 0 Å². The van der Waals surface area contributed by atoms with Crippen molar-refractivity contribution in [2.45, 2.75) is 38.6 Å². The molecule has 0 aromatic rings. The Morgan fingerprint density at radius 1 is 1.32 bits per heavy atom. The third kappa shape index (κ3) is 2.58. The SMILES string of the molecule is COC(=O)C1CC(C)CCN1CC1CC2C=CC1C2. The number of esters is 1. The molecule has 19 heavy (non-hydrogen) atoms. The summed E-state index contributed by atoms with van der Waals surface area (Å²) in [6.07, 6.45) is 9.63. The van der Waals surface area contributed by atoms with E-state index in [0.717, 1.165) is 37.3 Å². The second-order valence-corrected chi connectivity index (χ2v) is 6.70. The van der Waals surface area contributed by atoms with Crippen LogP contribution in [0.4, 0.5) is 0 Å². The van der Waals surface area contributed by atoms with Gasteiger partial charge in [-0.05, 0) is 55.9 Å². The average molecular weight is 263 g/mol. The molecule has 3 heteroatoms. The topological polar surface area (TPSA) is 29.5 Å². The second-order valence-electron chi connectivity index (χ2n) is 6.70. The molecular weight excluding hydrogens is 238 g/mol. The predicted octanol–water partition coefficient (Wildman–Crippen LogP) is 2.47. The lowest BCUT2D eigenvalue weighted by Crippen LogP contribution is -2.49. The summed E-state index contributed by atoms with van der Waals surface area (Å²) >= 11 is 0. The van der Waals surface area contributed by atoms with E-state index in [-0.39, 0.29) is 12.0 Å². The van der Waals surface area contributed by atoms with Crippen molar-refractivity contribution < 1.29 is 9.53 Å². The van der Waals surface area contributed by atoms with E-state index >= 15 is 0 Å². The zero-order valence-electron chi connectivity index (χ0n) is 12.0. The molecule has 0 N–H and O–H groups in total. The van der Waals surface area contributed by atoms with Gasteiger partial charge in [0.05, 0.1) is 7.11 Å². The maximum absolute atomic E-state index is 12.0. The maximum atomic E-state index is 12.0. The average Bonchev–Trinajstić information content (AvgIpc) is 3.02. The van der Waals surface area contributed by atoms with Crippen molar-refractivity contribution >= 4 is 5.97 Å². The van der Waals surface area contributed by atoms with E-state index in [1.54, 1.807) is 0 Å². The number of likely N-dealkylation sites (tertiary alicyclic amines) is 1. The molecule has 3 rings (SSSR count). The fourth-order valence-electron chi connectivity index (χ4n) is 4.20. The number of hydrogen-bond acceptors (Lipinski definition) is 3. The second kappa shape index (κ2) is 5.28. The first kappa shape index (κ1) is 13.2. The Hall–Kier alpha value is -0.830. The third-order valence-electron chi connectivity index (χ3n) is 5.33. The minimum absolute atomic E-state index is 0.00291. The van der Waals surface area contributed by atoms with E-state index < -0.39 is 0 Å². The van der Waals surface area contributed by atoms with Gasteiger partial charge in [-0.15, -0.1) is 0 Å². The summed E-state index contributed by atoms with van der Waals surface area (Å²) in [5.41, 5.74) is 0. The molecule has 0 radical (unpaired) electrons. The van der Waals surface area contributed by atoms with Crippen molar-refractivity contribution in [3.63, 3.8) is 0 Å². The number of fused-ring (bicyclic) bond motifs is 2. The first-order chi connectivity index (χ1) is 9.17. The molecule has 3 nitrogen and oxygen atoms in total. The zero-order valence-corrected chi connectivity index (χ0v) is 12.0. The number of allylic oxidation sites excluding steroid dienone is 2.